The maximum absolute atomic E-state index is 13.2. The van der Waals surface area contributed by atoms with Crippen LogP contribution in [0.5, 0.6) is 0 Å². The third kappa shape index (κ3) is 4.04. The van der Waals surface area contributed by atoms with Crippen LogP contribution in [0, 0.1) is 0 Å². The van der Waals surface area contributed by atoms with Crippen LogP contribution in [-0.4, -0.2) is 28.0 Å². The summed E-state index contributed by atoms with van der Waals surface area (Å²) in [5.74, 6) is -1.34. The lowest BCUT2D eigenvalue weighted by Gasteiger charge is -2.19. The Kier molecular flexibility index (Phi) is 6.20. The van der Waals surface area contributed by atoms with E-state index in [0.29, 0.717) is 0 Å². The van der Waals surface area contributed by atoms with Gasteiger partial charge in [0.15, 0.2) is 5.69 Å². The minimum Gasteiger partial charge on any atom is -0.462 e. The Morgan fingerprint density at radius 1 is 1.30 bits per heavy atom. The summed E-state index contributed by atoms with van der Waals surface area (Å²) in [5, 5.41) is 0. The highest BCUT2D eigenvalue weighted by Crippen LogP contribution is 2.38. The number of carbonyl (C=O) groups excluding carboxylic acids is 1. The van der Waals surface area contributed by atoms with Crippen LogP contribution in [0.2, 0.25) is 0 Å². The van der Waals surface area contributed by atoms with Crippen molar-refractivity contribution in [3.05, 3.63) is 22.5 Å². The van der Waals surface area contributed by atoms with E-state index in [1.807, 2.05) is 0 Å². The van der Waals surface area contributed by atoms with Gasteiger partial charge in [-0.1, -0.05) is 6.92 Å². The molecule has 23 heavy (non-hydrogen) atoms. The van der Waals surface area contributed by atoms with E-state index in [-0.39, 0.29) is 18.6 Å². The molecule has 1 atom stereocenters. The zero-order chi connectivity index (χ0) is 17.9. The molecular formula is C13H14F5NO3S. The second kappa shape index (κ2) is 7.33. The topological polar surface area (TPSA) is 56.3 Å². The molecule has 4 nitrogen and oxygen atoms in total. The molecule has 0 saturated heterocycles. The summed E-state index contributed by atoms with van der Waals surface area (Å²) in [6.07, 6.45) is -7.68. The fourth-order valence-electron chi connectivity index (χ4n) is 2.07. The standard InChI is InChI=1S/C13H14F5NO3S/c1-4-6-7(12(20)22-5-2)10(13(16,17)18)19-8(11(14)15)9(6)23(3)21/h11H,4-5H2,1-3H3. The summed E-state index contributed by atoms with van der Waals surface area (Å²) < 4.78 is 81.9. The van der Waals surface area contributed by atoms with Gasteiger partial charge >= 0.3 is 12.1 Å². The van der Waals surface area contributed by atoms with E-state index in [4.69, 9.17) is 0 Å². The summed E-state index contributed by atoms with van der Waals surface area (Å²) in [7, 11) is -2.06. The van der Waals surface area contributed by atoms with Crippen molar-refractivity contribution in [1.29, 1.82) is 0 Å². The lowest BCUT2D eigenvalue weighted by Crippen LogP contribution is -2.23. The first-order valence-electron chi connectivity index (χ1n) is 6.48. The number of pyridine rings is 1. The van der Waals surface area contributed by atoms with Gasteiger partial charge in [-0.05, 0) is 18.9 Å². The van der Waals surface area contributed by atoms with E-state index in [9.17, 15) is 31.0 Å². The lowest BCUT2D eigenvalue weighted by molar-refractivity contribution is -0.142. The van der Waals surface area contributed by atoms with Gasteiger partial charge in [0.25, 0.3) is 6.43 Å². The van der Waals surface area contributed by atoms with Crippen molar-refractivity contribution in [3.8, 4) is 0 Å². The van der Waals surface area contributed by atoms with Crippen molar-refractivity contribution in [2.24, 2.45) is 0 Å². The second-order valence-electron chi connectivity index (χ2n) is 4.35. The summed E-state index contributed by atoms with van der Waals surface area (Å²) in [5.41, 5.74) is -4.33. The fraction of sp³-hybridized carbons (Fsp3) is 0.538. The van der Waals surface area contributed by atoms with Gasteiger partial charge in [-0.25, -0.2) is 18.6 Å². The highest BCUT2D eigenvalue weighted by molar-refractivity contribution is 7.84. The molecule has 0 aliphatic heterocycles. The first-order chi connectivity index (χ1) is 10.6. The molecule has 10 heteroatoms. The van der Waals surface area contributed by atoms with Crippen LogP contribution in [0.1, 0.15) is 47.6 Å². The smallest absolute Gasteiger partial charge is 0.434 e. The van der Waals surface area contributed by atoms with Crippen molar-refractivity contribution in [2.45, 2.75) is 37.8 Å². The molecule has 1 unspecified atom stereocenters. The Bertz CT molecular complexity index is 631. The van der Waals surface area contributed by atoms with Gasteiger partial charge in [-0.15, -0.1) is 0 Å². The molecule has 0 fully saturated rings. The van der Waals surface area contributed by atoms with Crippen molar-refractivity contribution in [2.75, 3.05) is 12.9 Å². The molecule has 0 aliphatic rings. The van der Waals surface area contributed by atoms with Crippen LogP contribution in [-0.2, 0) is 28.1 Å². The Morgan fingerprint density at radius 2 is 1.87 bits per heavy atom. The molecule has 130 valence electrons. The van der Waals surface area contributed by atoms with Crippen LogP contribution in [0.3, 0.4) is 0 Å². The first kappa shape index (κ1) is 19.5. The number of ether oxygens (including phenoxy) is 1. The monoisotopic (exact) mass is 359 g/mol. The first-order valence-corrected chi connectivity index (χ1v) is 8.04. The molecule has 0 aliphatic carbocycles. The Labute approximate surface area is 131 Å². The summed E-state index contributed by atoms with van der Waals surface area (Å²) in [6, 6.07) is 0. The van der Waals surface area contributed by atoms with E-state index in [0.717, 1.165) is 6.26 Å². The molecule has 1 heterocycles. The van der Waals surface area contributed by atoms with Gasteiger partial charge in [0.2, 0.25) is 0 Å². The number of hydrogen-bond acceptors (Lipinski definition) is 4. The van der Waals surface area contributed by atoms with Crippen molar-refractivity contribution >= 4 is 16.8 Å². The van der Waals surface area contributed by atoms with E-state index >= 15 is 0 Å². The van der Waals surface area contributed by atoms with Crippen LogP contribution in [0.4, 0.5) is 22.0 Å². The normalized spacial score (nSPS) is 13.3. The Morgan fingerprint density at radius 3 is 2.22 bits per heavy atom. The summed E-state index contributed by atoms with van der Waals surface area (Å²) in [6.45, 7) is 2.54. The number of rotatable bonds is 5. The highest BCUT2D eigenvalue weighted by atomic mass is 32.2. The maximum atomic E-state index is 13.2. The van der Waals surface area contributed by atoms with E-state index < -0.39 is 51.2 Å². The number of nitrogens with zero attached hydrogens (tertiary/aromatic N) is 1. The molecular weight excluding hydrogens is 345 g/mol. The molecule has 0 amide bonds. The van der Waals surface area contributed by atoms with E-state index in [2.05, 4.69) is 9.72 Å². The number of carbonyl (C=O) groups is 1. The quantitative estimate of drug-likeness (QED) is 0.596. The van der Waals surface area contributed by atoms with E-state index in [1.54, 1.807) is 0 Å². The van der Waals surface area contributed by atoms with Crippen molar-refractivity contribution in [1.82, 2.24) is 4.98 Å². The number of halogens is 5. The Hall–Kier alpha value is -1.58. The van der Waals surface area contributed by atoms with Crippen LogP contribution < -0.4 is 0 Å². The molecule has 0 bridgehead atoms. The van der Waals surface area contributed by atoms with Gasteiger partial charge in [0.05, 0.1) is 27.9 Å². The Balaban J connectivity index is 3.93. The zero-order valence-electron chi connectivity index (χ0n) is 12.5. The van der Waals surface area contributed by atoms with Crippen LogP contribution >= 0.6 is 0 Å². The molecule has 0 N–H and O–H groups in total. The minimum absolute atomic E-state index is 0.208. The van der Waals surface area contributed by atoms with Gasteiger partial charge in [0.1, 0.15) is 5.69 Å². The second-order valence-corrected chi connectivity index (χ2v) is 5.67. The predicted octanol–water partition coefficient (Wildman–Crippen LogP) is 3.51. The largest absolute Gasteiger partial charge is 0.462 e. The molecule has 0 aromatic carbocycles. The van der Waals surface area contributed by atoms with Gasteiger partial charge < -0.3 is 4.74 Å². The molecule has 0 saturated carbocycles. The van der Waals surface area contributed by atoms with Gasteiger partial charge in [-0.3, -0.25) is 4.21 Å². The third-order valence-electron chi connectivity index (χ3n) is 2.87. The molecule has 1 aromatic rings. The van der Waals surface area contributed by atoms with Crippen molar-refractivity contribution < 1.29 is 35.7 Å². The minimum atomic E-state index is -5.14. The zero-order valence-corrected chi connectivity index (χ0v) is 13.3. The number of hydrogen-bond donors (Lipinski definition) is 0. The van der Waals surface area contributed by atoms with Gasteiger partial charge in [-0.2, -0.15) is 13.2 Å². The molecule has 0 spiro atoms. The maximum Gasteiger partial charge on any atom is 0.434 e. The van der Waals surface area contributed by atoms with E-state index in [1.165, 1.54) is 13.8 Å². The average molecular weight is 359 g/mol. The number of alkyl halides is 5. The SMILES string of the molecule is CCOC(=O)c1c(C(F)(F)F)nc(C(F)F)c(S(C)=O)c1CC. The lowest BCUT2D eigenvalue weighted by atomic mass is 10.0. The molecule has 1 rings (SSSR count). The average Bonchev–Trinajstić information content (AvgIpc) is 2.43. The predicted molar refractivity (Wildman–Crippen MR) is 71.9 cm³/mol. The van der Waals surface area contributed by atoms with Crippen LogP contribution in [0.25, 0.3) is 0 Å². The summed E-state index contributed by atoms with van der Waals surface area (Å²) in [4.78, 5) is 14.3. The molecule has 0 radical (unpaired) electrons. The van der Waals surface area contributed by atoms with Crippen molar-refractivity contribution in [3.63, 3.8) is 0 Å². The summed E-state index contributed by atoms with van der Waals surface area (Å²) >= 11 is 0. The number of esters is 1. The van der Waals surface area contributed by atoms with Gasteiger partial charge in [0, 0.05) is 6.26 Å². The van der Waals surface area contributed by atoms with Crippen LogP contribution in [0.15, 0.2) is 4.90 Å². The highest BCUT2D eigenvalue weighted by Gasteiger charge is 2.42. The fourth-order valence-corrected chi connectivity index (χ4v) is 3.10. The third-order valence-corrected chi connectivity index (χ3v) is 3.90. The molecule has 1 aromatic heterocycles. The number of aromatic nitrogens is 1.